The largest absolute Gasteiger partial charge is 0.464 e. The molecule has 0 aliphatic heterocycles. The highest BCUT2D eigenvalue weighted by Crippen LogP contribution is 2.12. The molecular formula is C19H20FN3O6. The van der Waals surface area contributed by atoms with Crippen LogP contribution in [0.4, 0.5) is 4.39 Å². The van der Waals surface area contributed by atoms with E-state index < -0.39 is 30.4 Å². The van der Waals surface area contributed by atoms with Crippen molar-refractivity contribution in [1.82, 2.24) is 15.6 Å². The lowest BCUT2D eigenvalue weighted by atomic mass is 10.1. The number of hydrogen-bond donors (Lipinski definition) is 3. The van der Waals surface area contributed by atoms with Crippen LogP contribution in [0.15, 0.2) is 36.5 Å². The van der Waals surface area contributed by atoms with E-state index in [-0.39, 0.29) is 29.7 Å². The predicted octanol–water partition coefficient (Wildman–Crippen LogP) is 1.09. The van der Waals surface area contributed by atoms with Gasteiger partial charge in [0.15, 0.2) is 6.61 Å². The number of ether oxygens (including phenoxy) is 2. The van der Waals surface area contributed by atoms with Crippen LogP contribution < -0.4 is 10.6 Å². The molecule has 1 heterocycles. The SMILES string of the molecule is COC(=O)c1cc(C(=O)OCC(=O)NCC(=O)NC(C)c2ccc(F)cc2)c[nH]1. The van der Waals surface area contributed by atoms with Crippen molar-refractivity contribution in [3.8, 4) is 0 Å². The predicted molar refractivity (Wildman–Crippen MR) is 98.4 cm³/mol. The highest BCUT2D eigenvalue weighted by atomic mass is 19.1. The number of methoxy groups -OCH3 is 1. The molecule has 1 unspecified atom stereocenters. The average Bonchev–Trinajstić information content (AvgIpc) is 3.20. The minimum atomic E-state index is -0.819. The van der Waals surface area contributed by atoms with Gasteiger partial charge >= 0.3 is 11.9 Å². The monoisotopic (exact) mass is 405 g/mol. The van der Waals surface area contributed by atoms with E-state index in [1.54, 1.807) is 19.1 Å². The maximum absolute atomic E-state index is 12.9. The van der Waals surface area contributed by atoms with E-state index in [0.717, 1.165) is 0 Å². The van der Waals surface area contributed by atoms with Gasteiger partial charge in [0.1, 0.15) is 11.5 Å². The van der Waals surface area contributed by atoms with E-state index in [0.29, 0.717) is 5.56 Å². The third-order valence-electron chi connectivity index (χ3n) is 3.85. The van der Waals surface area contributed by atoms with Crippen LogP contribution in [0.25, 0.3) is 0 Å². The Kier molecular flexibility index (Phi) is 7.47. The summed E-state index contributed by atoms with van der Waals surface area (Å²) in [6.07, 6.45) is 1.25. The van der Waals surface area contributed by atoms with Crippen LogP contribution in [0.1, 0.15) is 39.4 Å². The summed E-state index contributed by atoms with van der Waals surface area (Å²) in [5.74, 6) is -2.99. The summed E-state index contributed by atoms with van der Waals surface area (Å²) in [5.41, 5.74) is 0.817. The number of aromatic amines is 1. The van der Waals surface area contributed by atoms with Crippen LogP contribution >= 0.6 is 0 Å². The third kappa shape index (κ3) is 6.45. The minimum absolute atomic E-state index is 0.0454. The van der Waals surface area contributed by atoms with Crippen LogP contribution in [0, 0.1) is 5.82 Å². The first-order valence-corrected chi connectivity index (χ1v) is 8.55. The fourth-order valence-corrected chi connectivity index (χ4v) is 2.31. The molecule has 0 spiro atoms. The minimum Gasteiger partial charge on any atom is -0.464 e. The van der Waals surface area contributed by atoms with Gasteiger partial charge in [0.2, 0.25) is 5.91 Å². The Hall–Kier alpha value is -3.69. The number of rotatable bonds is 8. The molecule has 2 rings (SSSR count). The van der Waals surface area contributed by atoms with Crippen LogP contribution in [-0.4, -0.2) is 49.0 Å². The molecule has 3 N–H and O–H groups in total. The fourth-order valence-electron chi connectivity index (χ4n) is 2.31. The summed E-state index contributed by atoms with van der Waals surface area (Å²) in [4.78, 5) is 49.4. The first-order valence-electron chi connectivity index (χ1n) is 8.55. The lowest BCUT2D eigenvalue weighted by molar-refractivity contribution is -0.128. The quantitative estimate of drug-likeness (QED) is 0.565. The molecule has 0 saturated carbocycles. The Labute approximate surface area is 165 Å². The van der Waals surface area contributed by atoms with Gasteiger partial charge in [-0.05, 0) is 30.7 Å². The smallest absolute Gasteiger partial charge is 0.354 e. The second-order valence-electron chi connectivity index (χ2n) is 5.99. The maximum Gasteiger partial charge on any atom is 0.354 e. The molecule has 0 radical (unpaired) electrons. The number of amides is 2. The van der Waals surface area contributed by atoms with Gasteiger partial charge in [-0.25, -0.2) is 14.0 Å². The molecule has 0 fully saturated rings. The van der Waals surface area contributed by atoms with Crippen molar-refractivity contribution in [3.63, 3.8) is 0 Å². The molecule has 2 amide bonds. The fraction of sp³-hybridized carbons (Fsp3) is 0.263. The van der Waals surface area contributed by atoms with E-state index >= 15 is 0 Å². The van der Waals surface area contributed by atoms with Crippen molar-refractivity contribution in [2.24, 2.45) is 0 Å². The van der Waals surface area contributed by atoms with Gasteiger partial charge in [0.25, 0.3) is 5.91 Å². The van der Waals surface area contributed by atoms with Gasteiger partial charge in [-0.2, -0.15) is 0 Å². The lowest BCUT2D eigenvalue weighted by Crippen LogP contribution is -2.39. The molecule has 0 aliphatic carbocycles. The Morgan fingerprint density at radius 3 is 2.45 bits per heavy atom. The Bertz CT molecular complexity index is 894. The van der Waals surface area contributed by atoms with Crippen molar-refractivity contribution in [3.05, 3.63) is 59.2 Å². The lowest BCUT2D eigenvalue weighted by Gasteiger charge is -2.14. The molecule has 1 atom stereocenters. The summed E-state index contributed by atoms with van der Waals surface area (Å²) < 4.78 is 22.2. The van der Waals surface area contributed by atoms with E-state index in [4.69, 9.17) is 4.74 Å². The summed E-state index contributed by atoms with van der Waals surface area (Å²) in [6, 6.07) is 6.52. The zero-order valence-corrected chi connectivity index (χ0v) is 15.8. The van der Waals surface area contributed by atoms with E-state index in [9.17, 15) is 23.6 Å². The standard InChI is InChI=1S/C19H20FN3O6/c1-11(12-3-5-14(20)6-4-12)23-16(24)9-22-17(25)10-29-18(26)13-7-15(21-8-13)19(27)28-2/h3-8,11,21H,9-10H2,1-2H3,(H,22,25)(H,23,24). The van der Waals surface area contributed by atoms with Gasteiger partial charge in [0, 0.05) is 6.20 Å². The van der Waals surface area contributed by atoms with Crippen LogP contribution in [0.5, 0.6) is 0 Å². The molecule has 0 saturated heterocycles. The van der Waals surface area contributed by atoms with Crippen molar-refractivity contribution in [2.75, 3.05) is 20.3 Å². The van der Waals surface area contributed by atoms with Crippen molar-refractivity contribution >= 4 is 23.8 Å². The molecule has 10 heteroatoms. The first kappa shape index (κ1) is 21.6. The third-order valence-corrected chi connectivity index (χ3v) is 3.85. The second-order valence-corrected chi connectivity index (χ2v) is 5.99. The molecule has 2 aromatic rings. The summed E-state index contributed by atoms with van der Waals surface area (Å²) in [6.45, 7) is 0.797. The molecule has 154 valence electrons. The van der Waals surface area contributed by atoms with Crippen LogP contribution in [-0.2, 0) is 19.1 Å². The number of H-pyrrole nitrogens is 1. The Morgan fingerprint density at radius 2 is 1.79 bits per heavy atom. The number of esters is 2. The van der Waals surface area contributed by atoms with Gasteiger partial charge in [-0.1, -0.05) is 12.1 Å². The average molecular weight is 405 g/mol. The second kappa shape index (κ2) is 10.0. The Balaban J connectivity index is 1.72. The molecule has 0 aliphatic rings. The molecule has 1 aromatic heterocycles. The number of carbonyl (C=O) groups excluding carboxylic acids is 4. The first-order chi connectivity index (χ1) is 13.8. The number of hydrogen-bond acceptors (Lipinski definition) is 6. The van der Waals surface area contributed by atoms with Gasteiger partial charge in [0.05, 0.1) is 25.3 Å². The molecule has 1 aromatic carbocycles. The Morgan fingerprint density at radius 1 is 1.10 bits per heavy atom. The maximum atomic E-state index is 12.9. The zero-order chi connectivity index (χ0) is 21.4. The van der Waals surface area contributed by atoms with Gasteiger partial charge in [-0.3, -0.25) is 9.59 Å². The number of nitrogens with one attached hydrogen (secondary N) is 3. The molecule has 0 bridgehead atoms. The number of halogens is 1. The van der Waals surface area contributed by atoms with E-state index in [1.807, 2.05) is 0 Å². The summed E-state index contributed by atoms with van der Waals surface area (Å²) in [7, 11) is 1.20. The molecule has 29 heavy (non-hydrogen) atoms. The van der Waals surface area contributed by atoms with Crippen molar-refractivity contribution in [1.29, 1.82) is 0 Å². The summed E-state index contributed by atoms with van der Waals surface area (Å²) >= 11 is 0. The summed E-state index contributed by atoms with van der Waals surface area (Å²) in [5, 5.41) is 4.97. The van der Waals surface area contributed by atoms with Gasteiger partial charge in [-0.15, -0.1) is 0 Å². The zero-order valence-electron chi connectivity index (χ0n) is 15.8. The topological polar surface area (TPSA) is 127 Å². The van der Waals surface area contributed by atoms with E-state index in [2.05, 4.69) is 20.4 Å². The van der Waals surface area contributed by atoms with Crippen LogP contribution in [0.3, 0.4) is 0 Å². The number of aromatic nitrogens is 1. The molecule has 9 nitrogen and oxygen atoms in total. The normalized spacial score (nSPS) is 11.3. The van der Waals surface area contributed by atoms with Crippen molar-refractivity contribution < 1.29 is 33.0 Å². The highest BCUT2D eigenvalue weighted by molar-refractivity contribution is 5.95. The van der Waals surface area contributed by atoms with Crippen LogP contribution in [0.2, 0.25) is 0 Å². The highest BCUT2D eigenvalue weighted by Gasteiger charge is 2.16. The number of carbonyl (C=O) groups is 4. The van der Waals surface area contributed by atoms with Gasteiger partial charge < -0.3 is 25.1 Å². The van der Waals surface area contributed by atoms with E-state index in [1.165, 1.54) is 31.5 Å². The number of benzene rings is 1. The molecular weight excluding hydrogens is 385 g/mol. The van der Waals surface area contributed by atoms with Crippen molar-refractivity contribution in [2.45, 2.75) is 13.0 Å².